The minimum atomic E-state index is 0.367. The number of aryl methyl sites for hydroxylation is 1. The SMILES string of the molecule is Cc1cn(C2CC2)c(N2CCC(N)CC2C)n1. The summed E-state index contributed by atoms with van der Waals surface area (Å²) in [6.45, 7) is 5.40. The second-order valence-electron chi connectivity index (χ2n) is 5.65. The van der Waals surface area contributed by atoms with Crippen molar-refractivity contribution in [1.82, 2.24) is 9.55 Å². The maximum atomic E-state index is 6.03. The van der Waals surface area contributed by atoms with Gasteiger partial charge in [0.05, 0.1) is 5.69 Å². The number of nitrogens with zero attached hydrogens (tertiary/aromatic N) is 3. The van der Waals surface area contributed by atoms with E-state index in [-0.39, 0.29) is 0 Å². The summed E-state index contributed by atoms with van der Waals surface area (Å²) in [5.41, 5.74) is 7.16. The first-order valence-corrected chi connectivity index (χ1v) is 6.73. The minimum absolute atomic E-state index is 0.367. The Morgan fingerprint density at radius 1 is 1.35 bits per heavy atom. The van der Waals surface area contributed by atoms with E-state index in [0.717, 1.165) is 25.1 Å². The van der Waals surface area contributed by atoms with Crippen LogP contribution in [0.2, 0.25) is 0 Å². The van der Waals surface area contributed by atoms with Crippen molar-refractivity contribution in [1.29, 1.82) is 0 Å². The van der Waals surface area contributed by atoms with E-state index in [9.17, 15) is 0 Å². The molecular formula is C13H22N4. The van der Waals surface area contributed by atoms with Gasteiger partial charge in [-0.3, -0.25) is 0 Å². The third-order valence-corrected chi connectivity index (χ3v) is 3.95. The molecule has 2 aliphatic rings. The highest BCUT2D eigenvalue weighted by Gasteiger charge is 2.31. The van der Waals surface area contributed by atoms with E-state index in [4.69, 9.17) is 10.7 Å². The third-order valence-electron chi connectivity index (χ3n) is 3.95. The Hall–Kier alpha value is -1.03. The van der Waals surface area contributed by atoms with Crippen LogP contribution in [-0.4, -0.2) is 28.2 Å². The van der Waals surface area contributed by atoms with E-state index in [1.54, 1.807) is 0 Å². The molecule has 4 heteroatoms. The number of anilines is 1. The van der Waals surface area contributed by atoms with Crippen LogP contribution in [0.5, 0.6) is 0 Å². The average Bonchev–Trinajstić information content (AvgIpc) is 3.03. The van der Waals surface area contributed by atoms with Gasteiger partial charge >= 0.3 is 0 Å². The van der Waals surface area contributed by atoms with Crippen molar-refractivity contribution in [2.75, 3.05) is 11.4 Å². The molecule has 2 unspecified atom stereocenters. The van der Waals surface area contributed by atoms with Crippen molar-refractivity contribution in [2.24, 2.45) is 5.73 Å². The number of aromatic nitrogens is 2. The van der Waals surface area contributed by atoms with Crippen molar-refractivity contribution in [3.05, 3.63) is 11.9 Å². The molecular weight excluding hydrogens is 212 g/mol. The van der Waals surface area contributed by atoms with Crippen molar-refractivity contribution >= 4 is 5.95 Å². The highest BCUT2D eigenvalue weighted by molar-refractivity contribution is 5.37. The quantitative estimate of drug-likeness (QED) is 0.849. The summed E-state index contributed by atoms with van der Waals surface area (Å²) in [7, 11) is 0. The van der Waals surface area contributed by atoms with Crippen LogP contribution >= 0.6 is 0 Å². The summed E-state index contributed by atoms with van der Waals surface area (Å²) in [5, 5.41) is 0. The van der Waals surface area contributed by atoms with Crippen molar-refractivity contribution in [3.63, 3.8) is 0 Å². The minimum Gasteiger partial charge on any atom is -0.339 e. The largest absolute Gasteiger partial charge is 0.339 e. The summed E-state index contributed by atoms with van der Waals surface area (Å²) < 4.78 is 2.38. The lowest BCUT2D eigenvalue weighted by molar-refractivity contribution is 0.419. The molecule has 1 saturated carbocycles. The number of imidazole rings is 1. The molecule has 1 aliphatic heterocycles. The first-order chi connectivity index (χ1) is 8.15. The maximum absolute atomic E-state index is 6.03. The Bertz CT molecular complexity index is 408. The molecule has 0 amide bonds. The predicted molar refractivity (Wildman–Crippen MR) is 69.3 cm³/mol. The van der Waals surface area contributed by atoms with Gasteiger partial charge in [-0.2, -0.15) is 0 Å². The van der Waals surface area contributed by atoms with Crippen LogP contribution in [0.15, 0.2) is 6.20 Å². The molecule has 1 aromatic rings. The van der Waals surface area contributed by atoms with E-state index in [1.807, 2.05) is 0 Å². The summed E-state index contributed by atoms with van der Waals surface area (Å²) in [6, 6.07) is 1.58. The Kier molecular flexibility index (Phi) is 2.62. The van der Waals surface area contributed by atoms with Gasteiger partial charge in [-0.05, 0) is 39.5 Å². The molecule has 1 aliphatic carbocycles. The summed E-state index contributed by atoms with van der Waals surface area (Å²) in [5.74, 6) is 1.17. The molecule has 2 fully saturated rings. The van der Waals surface area contributed by atoms with Gasteiger partial charge in [0.25, 0.3) is 0 Å². The van der Waals surface area contributed by atoms with Gasteiger partial charge < -0.3 is 15.2 Å². The number of rotatable bonds is 2. The van der Waals surface area contributed by atoms with Crippen molar-refractivity contribution in [3.8, 4) is 0 Å². The highest BCUT2D eigenvalue weighted by Crippen LogP contribution is 2.39. The molecule has 94 valence electrons. The van der Waals surface area contributed by atoms with Crippen LogP contribution in [-0.2, 0) is 0 Å². The smallest absolute Gasteiger partial charge is 0.206 e. The van der Waals surface area contributed by atoms with E-state index < -0.39 is 0 Å². The number of nitrogens with two attached hydrogens (primary N) is 1. The summed E-state index contributed by atoms with van der Waals surface area (Å²) in [6.07, 6.45) is 6.99. The highest BCUT2D eigenvalue weighted by atomic mass is 15.3. The van der Waals surface area contributed by atoms with Crippen molar-refractivity contribution < 1.29 is 0 Å². The van der Waals surface area contributed by atoms with Crippen LogP contribution in [0.4, 0.5) is 5.95 Å². The zero-order chi connectivity index (χ0) is 12.0. The molecule has 17 heavy (non-hydrogen) atoms. The number of piperidine rings is 1. The fourth-order valence-corrected chi connectivity index (χ4v) is 2.84. The molecule has 0 bridgehead atoms. The Labute approximate surface area is 103 Å². The van der Waals surface area contributed by atoms with E-state index in [0.29, 0.717) is 18.1 Å². The van der Waals surface area contributed by atoms with Gasteiger partial charge in [0, 0.05) is 30.9 Å². The van der Waals surface area contributed by atoms with Crippen LogP contribution in [0.1, 0.15) is 44.3 Å². The van der Waals surface area contributed by atoms with Crippen LogP contribution in [0, 0.1) is 6.92 Å². The molecule has 4 nitrogen and oxygen atoms in total. The predicted octanol–water partition coefficient (Wildman–Crippen LogP) is 1.84. The molecule has 1 aromatic heterocycles. The second-order valence-corrected chi connectivity index (χ2v) is 5.65. The van der Waals surface area contributed by atoms with Gasteiger partial charge in [-0.25, -0.2) is 4.98 Å². The summed E-state index contributed by atoms with van der Waals surface area (Å²) in [4.78, 5) is 7.16. The molecule has 0 aromatic carbocycles. The Morgan fingerprint density at radius 3 is 2.76 bits per heavy atom. The fraction of sp³-hybridized carbons (Fsp3) is 0.769. The first kappa shape index (κ1) is 11.1. The van der Waals surface area contributed by atoms with E-state index in [2.05, 4.69) is 29.5 Å². The van der Waals surface area contributed by atoms with E-state index >= 15 is 0 Å². The standard InChI is InChI=1S/C13H22N4/c1-9-8-17(12-3-4-12)13(15-9)16-6-5-11(14)7-10(16)2/h8,10-12H,3-7,14H2,1-2H3. The van der Waals surface area contributed by atoms with Gasteiger partial charge in [-0.15, -0.1) is 0 Å². The van der Waals surface area contributed by atoms with Gasteiger partial charge in [0.1, 0.15) is 0 Å². The molecule has 0 radical (unpaired) electrons. The molecule has 1 saturated heterocycles. The van der Waals surface area contributed by atoms with Crippen LogP contribution in [0.3, 0.4) is 0 Å². The summed E-state index contributed by atoms with van der Waals surface area (Å²) >= 11 is 0. The van der Waals surface area contributed by atoms with Crippen LogP contribution in [0.25, 0.3) is 0 Å². The van der Waals surface area contributed by atoms with Gasteiger partial charge in [0.2, 0.25) is 5.95 Å². The normalized spacial score (nSPS) is 29.7. The Balaban J connectivity index is 1.87. The lowest BCUT2D eigenvalue weighted by Crippen LogP contribution is -2.46. The van der Waals surface area contributed by atoms with Gasteiger partial charge in [-0.1, -0.05) is 0 Å². The molecule has 2 heterocycles. The van der Waals surface area contributed by atoms with E-state index in [1.165, 1.54) is 18.8 Å². The molecule has 3 rings (SSSR count). The third kappa shape index (κ3) is 2.06. The topological polar surface area (TPSA) is 47.1 Å². The molecule has 2 N–H and O–H groups in total. The fourth-order valence-electron chi connectivity index (χ4n) is 2.84. The second kappa shape index (κ2) is 4.02. The lowest BCUT2D eigenvalue weighted by atomic mass is 10.00. The number of hydrogen-bond acceptors (Lipinski definition) is 3. The van der Waals surface area contributed by atoms with Crippen molar-refractivity contribution in [2.45, 2.75) is 57.7 Å². The lowest BCUT2D eigenvalue weighted by Gasteiger charge is -2.37. The first-order valence-electron chi connectivity index (χ1n) is 6.73. The molecule has 2 atom stereocenters. The average molecular weight is 234 g/mol. The zero-order valence-electron chi connectivity index (χ0n) is 10.8. The number of hydrogen-bond donors (Lipinski definition) is 1. The Morgan fingerprint density at radius 2 is 2.12 bits per heavy atom. The monoisotopic (exact) mass is 234 g/mol. The molecule has 0 spiro atoms. The van der Waals surface area contributed by atoms with Crippen LogP contribution < -0.4 is 10.6 Å². The van der Waals surface area contributed by atoms with Gasteiger partial charge in [0.15, 0.2) is 0 Å². The zero-order valence-corrected chi connectivity index (χ0v) is 10.8. The maximum Gasteiger partial charge on any atom is 0.206 e.